The van der Waals surface area contributed by atoms with Crippen molar-refractivity contribution >= 4 is 65.0 Å². The second-order valence-electron chi connectivity index (χ2n) is 19.8. The molecule has 2 aromatic heterocycles. The second-order valence-corrected chi connectivity index (χ2v) is 19.8. The van der Waals surface area contributed by atoms with E-state index in [0.717, 1.165) is 97.7 Å². The zero-order valence-corrected chi connectivity index (χ0v) is 60.4. The summed E-state index contributed by atoms with van der Waals surface area (Å²) in [6.45, 7) is 43.3. The lowest BCUT2D eigenvalue weighted by atomic mass is 10.0. The number of amides is 4. The van der Waals surface area contributed by atoms with E-state index in [1.807, 2.05) is 106 Å². The number of likely N-dealkylation sites (tertiary alicyclic amines) is 2. The molecule has 5 aromatic rings. The Bertz CT molecular complexity index is 2370. The Morgan fingerprint density at radius 3 is 1.61 bits per heavy atom. The van der Waals surface area contributed by atoms with Gasteiger partial charge in [0, 0.05) is 46.1 Å². The summed E-state index contributed by atoms with van der Waals surface area (Å²) in [6, 6.07) is 20.8. The molecule has 518 valence electrons. The highest BCUT2D eigenvalue weighted by molar-refractivity contribution is 5.86. The molecule has 0 saturated carbocycles. The summed E-state index contributed by atoms with van der Waals surface area (Å²) < 4.78 is 29.6. The highest BCUT2D eigenvalue weighted by atomic mass is 19.1. The number of carbonyl (C=O) groups excluding carboxylic acids is 6. The van der Waals surface area contributed by atoms with Crippen LogP contribution in [0.25, 0.3) is 22.1 Å². The fourth-order valence-electron chi connectivity index (χ4n) is 7.76. The minimum atomic E-state index is -0.550. The third-order valence-electron chi connectivity index (χ3n) is 11.7. The van der Waals surface area contributed by atoms with E-state index in [0.29, 0.717) is 31.9 Å². The summed E-state index contributed by atoms with van der Waals surface area (Å²) in [5.41, 5.74) is 6.32. The SMILES string of the molecule is CC.CC.CC.CC.CCC.CCC.CCC.CCC(C)C.COC.COC(=O)NC(C(=O)N1CCCC1)C(C)C.COC=O.COC=O.Fc1ccc(N2CCCC2c2ccc3nc[nH]c3c2)cc1.O=CNCC(=O)N1CCCC1c1nc2ccccc2[nH]1. The number of para-hydroxylation sites is 2. The maximum absolute atomic E-state index is 13.1. The first-order valence-corrected chi connectivity index (χ1v) is 32.7. The summed E-state index contributed by atoms with van der Waals surface area (Å²) in [4.78, 5) is 84.7. The van der Waals surface area contributed by atoms with E-state index in [4.69, 9.17) is 9.59 Å². The van der Waals surface area contributed by atoms with Gasteiger partial charge in [0.2, 0.25) is 18.2 Å². The van der Waals surface area contributed by atoms with Gasteiger partial charge in [0.25, 0.3) is 12.9 Å². The van der Waals surface area contributed by atoms with Gasteiger partial charge < -0.3 is 54.2 Å². The maximum atomic E-state index is 13.1. The fourth-order valence-corrected chi connectivity index (χ4v) is 7.76. The predicted octanol–water partition coefficient (Wildman–Crippen LogP) is 16.3. The number of anilines is 1. The molecule has 3 aliphatic rings. The van der Waals surface area contributed by atoms with Gasteiger partial charge >= 0.3 is 6.09 Å². The molecule has 90 heavy (non-hydrogen) atoms. The third kappa shape index (κ3) is 42.8. The Labute approximate surface area is 544 Å². The van der Waals surface area contributed by atoms with Crippen LogP contribution in [-0.2, 0) is 42.9 Å². The highest BCUT2D eigenvalue weighted by Crippen LogP contribution is 2.37. The van der Waals surface area contributed by atoms with Crippen LogP contribution in [0.2, 0.25) is 0 Å². The number of hydrogen-bond acceptors (Lipinski definition) is 13. The number of imidazole rings is 2. The lowest BCUT2D eigenvalue weighted by Crippen LogP contribution is -2.50. The predicted molar refractivity (Wildman–Crippen MR) is 373 cm³/mol. The standard InChI is InChI=1S/C17H16FN3.C14H16N4O2.C11H20N2O3.C5H12.3C3H8.2C2H4O2.C2H6O.4C2H6/c18-13-4-6-14(7-5-13)21-9-1-2-17(21)12-3-8-15-16(10-12)20-11-19-15;19-9-15-8-13(20)18-7-3-6-12(18)14-16-10-4-1-2-5-11(10)17-14;1-8(2)9(12-11(15)16-3)10(14)13-6-4-5-7-13;1-4-5(2)3;3*1-3-2;2*1-4-2-3;1-3-2;4*1-2/h3-8,10-11,17H,1-2,9H2,(H,19,20);1-2,4-5,9,12H,3,6-8H2,(H,15,19)(H,16,17);8-9H,4-7H2,1-3H3,(H,12,15);5H,4H2,1-3H3;3*3H2,1-2H3;2*2H,1H3;1-2H3;4*1-2H3. The zero-order valence-electron chi connectivity index (χ0n) is 60.4. The Balaban J connectivity index is -0.000000238. The molecule has 19 nitrogen and oxygen atoms in total. The van der Waals surface area contributed by atoms with Crippen molar-refractivity contribution in [3.63, 3.8) is 0 Å². The number of fused-ring (bicyclic) bond motifs is 2. The van der Waals surface area contributed by atoms with E-state index in [-0.39, 0.29) is 36.1 Å². The number of carbonyl (C=O) groups is 6. The molecule has 3 saturated heterocycles. The van der Waals surface area contributed by atoms with Gasteiger partial charge in [-0.1, -0.05) is 175 Å². The van der Waals surface area contributed by atoms with Crippen LogP contribution in [0.1, 0.15) is 219 Å². The van der Waals surface area contributed by atoms with Gasteiger partial charge in [0.05, 0.1) is 68.4 Å². The van der Waals surface area contributed by atoms with Crippen LogP contribution in [0.5, 0.6) is 0 Å². The third-order valence-corrected chi connectivity index (χ3v) is 11.7. The van der Waals surface area contributed by atoms with Crippen molar-refractivity contribution < 1.29 is 52.1 Å². The number of aromatic nitrogens is 4. The molecule has 3 fully saturated rings. The molecular weight excluding hydrogens is 1150 g/mol. The average Bonchev–Trinajstić information content (AvgIpc) is 2.48. The maximum Gasteiger partial charge on any atom is 0.407 e. The van der Waals surface area contributed by atoms with E-state index >= 15 is 0 Å². The van der Waals surface area contributed by atoms with E-state index in [1.165, 1.54) is 64.7 Å². The molecule has 3 aromatic carbocycles. The van der Waals surface area contributed by atoms with Crippen LogP contribution in [-0.4, -0.2) is 141 Å². The minimum absolute atomic E-state index is 0.00194. The lowest BCUT2D eigenvalue weighted by molar-refractivity contribution is -0.133. The minimum Gasteiger partial charge on any atom is -0.471 e. The van der Waals surface area contributed by atoms with E-state index in [9.17, 15) is 23.6 Å². The van der Waals surface area contributed by atoms with E-state index < -0.39 is 12.1 Å². The molecule has 5 heterocycles. The molecule has 20 heteroatoms. The van der Waals surface area contributed by atoms with Gasteiger partial charge in [0.1, 0.15) is 17.7 Å². The molecule has 4 amide bonds. The number of methoxy groups -OCH3 is 4. The molecule has 3 aliphatic heterocycles. The summed E-state index contributed by atoms with van der Waals surface area (Å²) >= 11 is 0. The molecule has 0 radical (unpaired) electrons. The second kappa shape index (κ2) is 66.3. The van der Waals surface area contributed by atoms with Crippen LogP contribution in [0.4, 0.5) is 14.9 Å². The fraction of sp³-hybridized carbons (Fsp3) is 0.629. The van der Waals surface area contributed by atoms with Crippen LogP contribution in [0, 0.1) is 17.7 Å². The largest absolute Gasteiger partial charge is 0.471 e. The molecule has 0 aliphatic carbocycles. The summed E-state index contributed by atoms with van der Waals surface area (Å²) in [5, 5.41) is 5.01. The van der Waals surface area contributed by atoms with Crippen LogP contribution < -0.4 is 15.5 Å². The van der Waals surface area contributed by atoms with Gasteiger partial charge in [-0.15, -0.1) is 0 Å². The average molecular weight is 1270 g/mol. The van der Waals surface area contributed by atoms with Crippen molar-refractivity contribution in [3.05, 3.63) is 90.3 Å². The topological polar surface area (TPSA) is 230 Å². The van der Waals surface area contributed by atoms with Crippen molar-refractivity contribution in [2.45, 2.75) is 214 Å². The summed E-state index contributed by atoms with van der Waals surface area (Å²) in [7, 11) is 7.17. The van der Waals surface area contributed by atoms with Crippen LogP contribution in [0.15, 0.2) is 73.1 Å². The van der Waals surface area contributed by atoms with Crippen LogP contribution in [0.3, 0.4) is 0 Å². The monoisotopic (exact) mass is 1270 g/mol. The zero-order chi connectivity index (χ0) is 70.3. The van der Waals surface area contributed by atoms with Gasteiger partial charge in [-0.25, -0.2) is 19.2 Å². The van der Waals surface area contributed by atoms with Crippen molar-refractivity contribution in [1.29, 1.82) is 0 Å². The molecule has 3 unspecified atom stereocenters. The van der Waals surface area contributed by atoms with Gasteiger partial charge in [-0.2, -0.15) is 0 Å². The number of hydrogen-bond donors (Lipinski definition) is 4. The molecule has 0 spiro atoms. The summed E-state index contributed by atoms with van der Waals surface area (Å²) in [5.74, 6) is 1.51. The normalized spacial score (nSPS) is 13.6. The number of aromatic amines is 2. The Morgan fingerprint density at radius 2 is 1.16 bits per heavy atom. The van der Waals surface area contributed by atoms with E-state index in [2.05, 4.69) is 135 Å². The first-order valence-electron chi connectivity index (χ1n) is 32.7. The number of rotatable bonds is 12. The first kappa shape index (κ1) is 94.0. The Hall–Kier alpha value is -7.09. The first-order chi connectivity index (χ1) is 43.4. The number of benzene rings is 3. The van der Waals surface area contributed by atoms with Crippen molar-refractivity contribution in [1.82, 2.24) is 40.4 Å². The number of nitrogens with one attached hydrogen (secondary N) is 4. The molecular formula is C70H126FN9O10. The number of halogens is 1. The number of nitrogens with zero attached hydrogens (tertiary/aromatic N) is 5. The van der Waals surface area contributed by atoms with Crippen LogP contribution >= 0.6 is 0 Å². The Morgan fingerprint density at radius 1 is 0.667 bits per heavy atom. The summed E-state index contributed by atoms with van der Waals surface area (Å²) in [6.07, 6.45) is 13.0. The smallest absolute Gasteiger partial charge is 0.407 e. The molecule has 3 atom stereocenters. The number of alkyl carbamates (subject to hydrolysis) is 1. The molecule has 8 rings (SSSR count). The van der Waals surface area contributed by atoms with Gasteiger partial charge in [0.15, 0.2) is 0 Å². The van der Waals surface area contributed by atoms with E-state index in [1.54, 1.807) is 30.3 Å². The van der Waals surface area contributed by atoms with Crippen molar-refractivity contribution in [2.75, 3.05) is 73.2 Å². The number of ether oxygens (including phenoxy) is 4. The van der Waals surface area contributed by atoms with Gasteiger partial charge in [-0.05, 0) is 104 Å². The van der Waals surface area contributed by atoms with Crippen molar-refractivity contribution in [3.8, 4) is 0 Å². The highest BCUT2D eigenvalue weighted by Gasteiger charge is 2.32. The Kier molecular flexibility index (Phi) is 69.3. The van der Waals surface area contributed by atoms with Crippen molar-refractivity contribution in [2.24, 2.45) is 11.8 Å². The lowest BCUT2D eigenvalue weighted by Gasteiger charge is -2.27. The molecule has 0 bridgehead atoms. The molecule has 4 N–H and O–H groups in total. The van der Waals surface area contributed by atoms with Gasteiger partial charge in [-0.3, -0.25) is 24.0 Å². The quantitative estimate of drug-likeness (QED) is 0.0674. The number of H-pyrrole nitrogens is 2.